The van der Waals surface area contributed by atoms with E-state index in [4.69, 9.17) is 0 Å². The molecule has 28 heavy (non-hydrogen) atoms. The topological polar surface area (TPSA) is 62.3 Å². The number of hydrogen-bond donors (Lipinski definition) is 1. The highest BCUT2D eigenvalue weighted by atomic mass is 16.2. The van der Waals surface area contributed by atoms with E-state index in [0.29, 0.717) is 13.0 Å². The number of rotatable bonds is 5. The van der Waals surface area contributed by atoms with Crippen molar-refractivity contribution in [1.29, 1.82) is 0 Å². The lowest BCUT2D eigenvalue weighted by molar-refractivity contribution is -0.142. The van der Waals surface area contributed by atoms with Crippen molar-refractivity contribution >= 4 is 11.8 Å². The zero-order valence-corrected chi connectivity index (χ0v) is 16.4. The molecule has 146 valence electrons. The monoisotopic (exact) mass is 377 g/mol. The Bertz CT molecular complexity index is 863. The summed E-state index contributed by atoms with van der Waals surface area (Å²) in [6.45, 7) is 1.27. The van der Waals surface area contributed by atoms with Crippen LogP contribution in [0.2, 0.25) is 0 Å². The van der Waals surface area contributed by atoms with Gasteiger partial charge in [-0.25, -0.2) is 0 Å². The molecule has 1 aliphatic carbocycles. The molecule has 1 unspecified atom stereocenters. The van der Waals surface area contributed by atoms with E-state index in [2.05, 4.69) is 22.4 Å². The van der Waals surface area contributed by atoms with Gasteiger partial charge in [0.15, 0.2) is 0 Å². The van der Waals surface area contributed by atoms with E-state index in [1.807, 2.05) is 29.2 Å². The van der Waals surface area contributed by atoms with Gasteiger partial charge in [-0.2, -0.15) is 0 Å². The molecule has 2 fully saturated rings. The minimum Gasteiger partial charge on any atom is -0.359 e. The predicted octanol–water partition coefficient (Wildman–Crippen LogP) is 3.06. The van der Waals surface area contributed by atoms with Crippen LogP contribution in [-0.2, 0) is 16.0 Å². The standard InChI is InChI=1S/C23H27N3O2/c1-24-22(28)23(11-4-14-26(16-23)21(27)18-7-8-18)15-19-5-2-3-6-20(19)17-9-12-25-13-10-17/h2-3,5-6,9-10,12-13,18H,4,7-8,11,14-16H2,1H3,(H,24,28). The maximum absolute atomic E-state index is 13.0. The number of carbonyl (C=O) groups is 2. The lowest BCUT2D eigenvalue weighted by atomic mass is 9.73. The maximum Gasteiger partial charge on any atom is 0.228 e. The Morgan fingerprint density at radius 3 is 2.64 bits per heavy atom. The van der Waals surface area contributed by atoms with Crippen molar-refractivity contribution in [3.05, 3.63) is 54.4 Å². The molecule has 1 saturated carbocycles. The first-order chi connectivity index (χ1) is 13.6. The van der Waals surface area contributed by atoms with Crippen molar-refractivity contribution in [3.63, 3.8) is 0 Å². The Morgan fingerprint density at radius 2 is 1.93 bits per heavy atom. The smallest absolute Gasteiger partial charge is 0.228 e. The summed E-state index contributed by atoms with van der Waals surface area (Å²) in [6, 6.07) is 12.2. The third-order valence-electron chi connectivity index (χ3n) is 6.06. The van der Waals surface area contributed by atoms with E-state index in [1.165, 1.54) is 0 Å². The highest BCUT2D eigenvalue weighted by molar-refractivity contribution is 5.86. The molecule has 2 aromatic rings. The van der Waals surface area contributed by atoms with E-state index in [-0.39, 0.29) is 17.7 Å². The van der Waals surface area contributed by atoms with Crippen LogP contribution in [0.4, 0.5) is 0 Å². The Morgan fingerprint density at radius 1 is 1.18 bits per heavy atom. The number of aromatic nitrogens is 1. The fourth-order valence-electron chi connectivity index (χ4n) is 4.44. The van der Waals surface area contributed by atoms with Crippen molar-refractivity contribution in [2.75, 3.05) is 20.1 Å². The number of nitrogens with zero attached hydrogens (tertiary/aromatic N) is 2. The quantitative estimate of drug-likeness (QED) is 0.871. The number of likely N-dealkylation sites (tertiary alicyclic amines) is 1. The summed E-state index contributed by atoms with van der Waals surface area (Å²) in [5.74, 6) is 0.449. The van der Waals surface area contributed by atoms with Gasteiger partial charge in [0, 0.05) is 38.4 Å². The van der Waals surface area contributed by atoms with Crippen LogP contribution in [0.15, 0.2) is 48.8 Å². The molecule has 4 rings (SSSR count). The van der Waals surface area contributed by atoms with Crippen LogP contribution in [0.5, 0.6) is 0 Å². The van der Waals surface area contributed by atoms with Crippen molar-refractivity contribution in [3.8, 4) is 11.1 Å². The summed E-state index contributed by atoms with van der Waals surface area (Å²) in [5.41, 5.74) is 2.77. The third-order valence-corrected chi connectivity index (χ3v) is 6.06. The van der Waals surface area contributed by atoms with Gasteiger partial charge in [0.2, 0.25) is 11.8 Å². The Labute approximate surface area is 166 Å². The normalized spacial score (nSPS) is 22.0. The van der Waals surface area contributed by atoms with Gasteiger partial charge >= 0.3 is 0 Å². The van der Waals surface area contributed by atoms with Crippen LogP contribution in [0.1, 0.15) is 31.2 Å². The molecule has 5 nitrogen and oxygen atoms in total. The highest BCUT2D eigenvalue weighted by Gasteiger charge is 2.45. The van der Waals surface area contributed by atoms with Crippen LogP contribution in [0.25, 0.3) is 11.1 Å². The highest BCUT2D eigenvalue weighted by Crippen LogP contribution is 2.39. The van der Waals surface area contributed by atoms with E-state index < -0.39 is 5.41 Å². The molecule has 1 atom stereocenters. The second kappa shape index (κ2) is 7.74. The summed E-state index contributed by atoms with van der Waals surface area (Å²) >= 11 is 0. The molecule has 2 heterocycles. The number of carbonyl (C=O) groups excluding carboxylic acids is 2. The molecule has 1 N–H and O–H groups in total. The molecule has 2 amide bonds. The molecule has 2 aliphatic rings. The number of benzene rings is 1. The Kier molecular flexibility index (Phi) is 5.16. The summed E-state index contributed by atoms with van der Waals surface area (Å²) in [5, 5.41) is 2.87. The van der Waals surface area contributed by atoms with Gasteiger partial charge in [-0.05, 0) is 60.9 Å². The molecule has 1 aromatic heterocycles. The number of amides is 2. The molecular formula is C23H27N3O2. The number of nitrogens with one attached hydrogen (secondary N) is 1. The summed E-state index contributed by atoms with van der Waals surface area (Å²) in [6.07, 6.45) is 7.85. The fourth-order valence-corrected chi connectivity index (χ4v) is 4.44. The van der Waals surface area contributed by atoms with Crippen molar-refractivity contribution < 1.29 is 9.59 Å². The summed E-state index contributed by atoms with van der Waals surface area (Å²) in [4.78, 5) is 31.8. The number of hydrogen-bond acceptors (Lipinski definition) is 3. The molecule has 0 spiro atoms. The molecule has 0 bridgehead atoms. The van der Waals surface area contributed by atoms with Gasteiger partial charge in [-0.15, -0.1) is 0 Å². The third kappa shape index (κ3) is 3.66. The average Bonchev–Trinajstić information content (AvgIpc) is 3.59. The van der Waals surface area contributed by atoms with E-state index >= 15 is 0 Å². The van der Waals surface area contributed by atoms with Gasteiger partial charge in [-0.3, -0.25) is 14.6 Å². The largest absolute Gasteiger partial charge is 0.359 e. The van der Waals surface area contributed by atoms with Gasteiger partial charge in [-0.1, -0.05) is 24.3 Å². The molecule has 1 aromatic carbocycles. The first-order valence-corrected chi connectivity index (χ1v) is 10.1. The van der Waals surface area contributed by atoms with Crippen LogP contribution in [0, 0.1) is 11.3 Å². The predicted molar refractivity (Wildman–Crippen MR) is 108 cm³/mol. The van der Waals surface area contributed by atoms with E-state index in [9.17, 15) is 9.59 Å². The van der Waals surface area contributed by atoms with Crippen molar-refractivity contribution in [2.45, 2.75) is 32.1 Å². The van der Waals surface area contributed by atoms with Crippen LogP contribution in [-0.4, -0.2) is 41.8 Å². The van der Waals surface area contributed by atoms with E-state index in [1.54, 1.807) is 19.4 Å². The SMILES string of the molecule is CNC(=O)C1(Cc2ccccc2-c2ccncc2)CCCN(C(=O)C2CC2)C1. The van der Waals surface area contributed by atoms with Crippen molar-refractivity contribution in [1.82, 2.24) is 15.2 Å². The van der Waals surface area contributed by atoms with Gasteiger partial charge in [0.25, 0.3) is 0 Å². The van der Waals surface area contributed by atoms with E-state index in [0.717, 1.165) is 48.9 Å². The Hall–Kier alpha value is -2.69. The fraction of sp³-hybridized carbons (Fsp3) is 0.435. The van der Waals surface area contributed by atoms with Gasteiger partial charge in [0.05, 0.1) is 5.41 Å². The Balaban J connectivity index is 1.66. The summed E-state index contributed by atoms with van der Waals surface area (Å²) < 4.78 is 0. The van der Waals surface area contributed by atoms with Crippen LogP contribution < -0.4 is 5.32 Å². The van der Waals surface area contributed by atoms with Crippen LogP contribution >= 0.6 is 0 Å². The molecule has 5 heteroatoms. The van der Waals surface area contributed by atoms with Gasteiger partial charge < -0.3 is 10.2 Å². The zero-order chi connectivity index (χ0) is 19.6. The average molecular weight is 377 g/mol. The van der Waals surface area contributed by atoms with Crippen LogP contribution in [0.3, 0.4) is 0 Å². The lowest BCUT2D eigenvalue weighted by Crippen LogP contribution is -2.54. The number of piperidine rings is 1. The second-order valence-electron chi connectivity index (χ2n) is 8.07. The molecule has 1 aliphatic heterocycles. The number of pyridine rings is 1. The minimum absolute atomic E-state index is 0.0327. The second-order valence-corrected chi connectivity index (χ2v) is 8.07. The van der Waals surface area contributed by atoms with Crippen molar-refractivity contribution in [2.24, 2.45) is 11.3 Å². The molecular weight excluding hydrogens is 350 g/mol. The van der Waals surface area contributed by atoms with Gasteiger partial charge in [0.1, 0.15) is 0 Å². The first-order valence-electron chi connectivity index (χ1n) is 10.1. The maximum atomic E-state index is 13.0. The first kappa shape index (κ1) is 18.7. The molecule has 0 radical (unpaired) electrons. The summed E-state index contributed by atoms with van der Waals surface area (Å²) in [7, 11) is 1.69. The minimum atomic E-state index is -0.583. The lowest BCUT2D eigenvalue weighted by Gasteiger charge is -2.42. The zero-order valence-electron chi connectivity index (χ0n) is 16.4. The molecule has 1 saturated heterocycles.